The molecule has 0 aliphatic heterocycles. The number of hydrogen-bond donors (Lipinski definition) is 3. The Morgan fingerprint density at radius 2 is 2.38 bits per heavy atom. The number of rotatable bonds is 4. The molecule has 0 aliphatic carbocycles. The first kappa shape index (κ1) is 10.6. The quantitative estimate of drug-likeness (QED) is 0.717. The van der Waals surface area contributed by atoms with Crippen LogP contribution in [0.1, 0.15) is 17.9 Å². The van der Waals surface area contributed by atoms with Gasteiger partial charge in [0.1, 0.15) is 0 Å². The Kier molecular flexibility index (Phi) is 2.87. The van der Waals surface area contributed by atoms with E-state index in [1.54, 1.807) is 6.33 Å². The molecule has 2 aromatic rings. The monoisotopic (exact) mass is 219 g/mol. The zero-order valence-corrected chi connectivity index (χ0v) is 8.68. The summed E-state index contributed by atoms with van der Waals surface area (Å²) in [5.74, 6) is -0.981. The van der Waals surface area contributed by atoms with Crippen LogP contribution in [0.4, 0.5) is 0 Å². The maximum atomic E-state index is 10.7. The number of hydrogen-bond acceptors (Lipinski definition) is 3. The van der Waals surface area contributed by atoms with Gasteiger partial charge in [0, 0.05) is 5.92 Å². The first-order valence-corrected chi connectivity index (χ1v) is 5.05. The van der Waals surface area contributed by atoms with Crippen LogP contribution in [0.3, 0.4) is 0 Å². The highest BCUT2D eigenvalue weighted by Gasteiger charge is 2.14. The minimum atomic E-state index is -0.833. The minimum absolute atomic E-state index is 0.0517. The summed E-state index contributed by atoms with van der Waals surface area (Å²) in [6.07, 6.45) is 1.67. The maximum Gasteiger partial charge on any atom is 0.304 e. The average molecular weight is 219 g/mol. The smallest absolute Gasteiger partial charge is 0.304 e. The average Bonchev–Trinajstić information content (AvgIpc) is 2.72. The highest BCUT2D eigenvalue weighted by Crippen LogP contribution is 2.21. The Bertz CT molecular complexity index is 507. The molecule has 5 nitrogen and oxygen atoms in total. The van der Waals surface area contributed by atoms with Crippen LogP contribution >= 0.6 is 0 Å². The van der Waals surface area contributed by atoms with Gasteiger partial charge in [0.05, 0.1) is 23.8 Å². The third kappa shape index (κ3) is 2.04. The van der Waals surface area contributed by atoms with Crippen LogP contribution in [0.2, 0.25) is 0 Å². The second-order valence-corrected chi connectivity index (χ2v) is 3.71. The number of aromatic nitrogens is 2. The van der Waals surface area contributed by atoms with Gasteiger partial charge in [0.15, 0.2) is 0 Å². The zero-order chi connectivity index (χ0) is 11.5. The van der Waals surface area contributed by atoms with E-state index in [1.165, 1.54) is 0 Å². The molecule has 1 heterocycles. The Balaban J connectivity index is 2.32. The molecule has 0 spiro atoms. The maximum absolute atomic E-state index is 10.7. The molecule has 0 amide bonds. The van der Waals surface area contributed by atoms with Gasteiger partial charge in [-0.3, -0.25) is 4.79 Å². The molecule has 0 saturated carbocycles. The van der Waals surface area contributed by atoms with Crippen LogP contribution in [0.15, 0.2) is 24.5 Å². The van der Waals surface area contributed by atoms with Crippen molar-refractivity contribution in [2.24, 2.45) is 5.73 Å². The number of nitrogens with one attached hydrogen (secondary N) is 1. The molecule has 2 rings (SSSR count). The molecule has 16 heavy (non-hydrogen) atoms. The number of carbonyl (C=O) groups is 1. The molecule has 0 fully saturated rings. The first-order valence-electron chi connectivity index (χ1n) is 5.05. The lowest BCUT2D eigenvalue weighted by molar-refractivity contribution is -0.137. The van der Waals surface area contributed by atoms with E-state index in [0.29, 0.717) is 6.54 Å². The Morgan fingerprint density at radius 1 is 1.56 bits per heavy atom. The van der Waals surface area contributed by atoms with Crippen molar-refractivity contribution in [2.75, 3.05) is 6.54 Å². The van der Waals surface area contributed by atoms with E-state index < -0.39 is 5.97 Å². The molecule has 0 bridgehead atoms. The topological polar surface area (TPSA) is 92.0 Å². The van der Waals surface area contributed by atoms with Gasteiger partial charge in [-0.2, -0.15) is 0 Å². The predicted octanol–water partition coefficient (Wildman–Crippen LogP) is 1.08. The molecule has 1 atom stereocenters. The van der Waals surface area contributed by atoms with Gasteiger partial charge < -0.3 is 15.8 Å². The van der Waals surface area contributed by atoms with Crippen LogP contribution < -0.4 is 5.73 Å². The van der Waals surface area contributed by atoms with Crippen molar-refractivity contribution in [3.8, 4) is 0 Å². The van der Waals surface area contributed by atoms with E-state index in [4.69, 9.17) is 10.8 Å². The number of imidazole rings is 1. The highest BCUT2D eigenvalue weighted by molar-refractivity contribution is 5.76. The van der Waals surface area contributed by atoms with E-state index in [1.807, 2.05) is 18.2 Å². The molecule has 0 saturated heterocycles. The Morgan fingerprint density at radius 3 is 3.06 bits per heavy atom. The van der Waals surface area contributed by atoms with Crippen LogP contribution in [-0.2, 0) is 4.79 Å². The SMILES string of the molecule is NCC(CC(=O)O)c1ccc2nc[nH]c2c1. The Hall–Kier alpha value is -1.88. The van der Waals surface area contributed by atoms with Crippen LogP contribution in [0.25, 0.3) is 11.0 Å². The standard InChI is InChI=1S/C11H13N3O2/c12-5-8(4-11(15)16)7-1-2-9-10(3-7)14-6-13-9/h1-3,6,8H,4-5,12H2,(H,13,14)(H,15,16). The lowest BCUT2D eigenvalue weighted by Gasteiger charge is -2.12. The molecule has 0 radical (unpaired) electrons. The summed E-state index contributed by atoms with van der Waals surface area (Å²) in [6.45, 7) is 0.325. The van der Waals surface area contributed by atoms with Crippen LogP contribution in [0.5, 0.6) is 0 Å². The van der Waals surface area contributed by atoms with Crippen LogP contribution in [-0.4, -0.2) is 27.6 Å². The van der Waals surface area contributed by atoms with Crippen molar-refractivity contribution in [1.29, 1.82) is 0 Å². The molecule has 5 heteroatoms. The van der Waals surface area contributed by atoms with Crippen molar-refractivity contribution in [3.05, 3.63) is 30.1 Å². The van der Waals surface area contributed by atoms with Crippen molar-refractivity contribution in [2.45, 2.75) is 12.3 Å². The lowest BCUT2D eigenvalue weighted by atomic mass is 9.95. The fourth-order valence-electron chi connectivity index (χ4n) is 1.76. The third-order valence-electron chi connectivity index (χ3n) is 2.62. The molecule has 1 unspecified atom stereocenters. The Labute approximate surface area is 92.3 Å². The minimum Gasteiger partial charge on any atom is -0.481 e. The van der Waals surface area contributed by atoms with Crippen molar-refractivity contribution < 1.29 is 9.90 Å². The van der Waals surface area contributed by atoms with Gasteiger partial charge in [-0.15, -0.1) is 0 Å². The van der Waals surface area contributed by atoms with E-state index in [-0.39, 0.29) is 12.3 Å². The number of nitrogens with two attached hydrogens (primary N) is 1. The number of aliphatic carboxylic acids is 1. The van der Waals surface area contributed by atoms with Crippen molar-refractivity contribution in [3.63, 3.8) is 0 Å². The van der Waals surface area contributed by atoms with Gasteiger partial charge >= 0.3 is 5.97 Å². The summed E-state index contributed by atoms with van der Waals surface area (Å²) in [5.41, 5.74) is 8.29. The van der Waals surface area contributed by atoms with E-state index >= 15 is 0 Å². The number of fused-ring (bicyclic) bond motifs is 1. The molecule has 1 aromatic heterocycles. The second kappa shape index (κ2) is 4.32. The molecule has 1 aromatic carbocycles. The lowest BCUT2D eigenvalue weighted by Crippen LogP contribution is -2.16. The van der Waals surface area contributed by atoms with E-state index in [0.717, 1.165) is 16.6 Å². The largest absolute Gasteiger partial charge is 0.481 e. The fraction of sp³-hybridized carbons (Fsp3) is 0.273. The van der Waals surface area contributed by atoms with Gasteiger partial charge in [0.2, 0.25) is 0 Å². The number of H-pyrrole nitrogens is 1. The summed E-state index contributed by atoms with van der Waals surface area (Å²) in [6, 6.07) is 5.65. The molecule has 84 valence electrons. The second-order valence-electron chi connectivity index (χ2n) is 3.71. The predicted molar refractivity (Wildman–Crippen MR) is 60.1 cm³/mol. The zero-order valence-electron chi connectivity index (χ0n) is 8.68. The fourth-order valence-corrected chi connectivity index (χ4v) is 1.76. The highest BCUT2D eigenvalue weighted by atomic mass is 16.4. The van der Waals surface area contributed by atoms with Gasteiger partial charge in [-0.05, 0) is 24.2 Å². The molecular weight excluding hydrogens is 206 g/mol. The van der Waals surface area contributed by atoms with Gasteiger partial charge in [-0.1, -0.05) is 6.07 Å². The molecule has 4 N–H and O–H groups in total. The number of carboxylic acid groups (broad SMARTS) is 1. The van der Waals surface area contributed by atoms with Crippen molar-refractivity contribution >= 4 is 17.0 Å². The third-order valence-corrected chi connectivity index (χ3v) is 2.62. The summed E-state index contributed by atoms with van der Waals surface area (Å²) < 4.78 is 0. The summed E-state index contributed by atoms with van der Waals surface area (Å²) in [4.78, 5) is 17.8. The van der Waals surface area contributed by atoms with E-state index in [9.17, 15) is 4.79 Å². The molecule has 0 aliphatic rings. The number of carboxylic acids is 1. The summed E-state index contributed by atoms with van der Waals surface area (Å²) in [7, 11) is 0. The normalized spacial score (nSPS) is 12.8. The van der Waals surface area contributed by atoms with Gasteiger partial charge in [0.25, 0.3) is 0 Å². The van der Waals surface area contributed by atoms with E-state index in [2.05, 4.69) is 9.97 Å². The van der Waals surface area contributed by atoms with Crippen molar-refractivity contribution in [1.82, 2.24) is 9.97 Å². The summed E-state index contributed by atoms with van der Waals surface area (Å²) >= 11 is 0. The van der Waals surface area contributed by atoms with Gasteiger partial charge in [-0.25, -0.2) is 4.98 Å². The number of nitrogens with zero attached hydrogens (tertiary/aromatic N) is 1. The van der Waals surface area contributed by atoms with Crippen LogP contribution in [0, 0.1) is 0 Å². The number of aromatic amines is 1. The number of benzene rings is 1. The first-order chi connectivity index (χ1) is 7.70. The molecular formula is C11H13N3O2. The summed E-state index contributed by atoms with van der Waals surface area (Å²) in [5, 5.41) is 8.77.